The number of benzene rings is 2. The van der Waals surface area contributed by atoms with Crippen LogP contribution in [0.3, 0.4) is 0 Å². The van der Waals surface area contributed by atoms with E-state index in [1.54, 1.807) is 11.0 Å². The van der Waals surface area contributed by atoms with Gasteiger partial charge in [-0.2, -0.15) is 0 Å². The van der Waals surface area contributed by atoms with Gasteiger partial charge in [-0.25, -0.2) is 13.7 Å². The number of aryl methyl sites for hydroxylation is 2. The predicted octanol–water partition coefficient (Wildman–Crippen LogP) is 3.46. The number of carbonyl (C=O) groups excluding carboxylic acids is 2. The summed E-state index contributed by atoms with van der Waals surface area (Å²) in [7, 11) is 3.07. The number of halogens is 2. The second kappa shape index (κ2) is 10.0. The average molecular weight is 444 g/mol. The number of anilines is 1. The van der Waals surface area contributed by atoms with Crippen molar-refractivity contribution in [2.45, 2.75) is 13.8 Å². The van der Waals surface area contributed by atoms with Crippen LogP contribution >= 0.6 is 0 Å². The van der Waals surface area contributed by atoms with E-state index in [9.17, 15) is 18.4 Å². The molecule has 0 aromatic heterocycles. The Kier molecular flexibility index (Phi) is 7.37. The molecule has 0 radical (unpaired) electrons. The molecule has 0 atom stereocenters. The summed E-state index contributed by atoms with van der Waals surface area (Å²) in [6.45, 7) is 5.03. The van der Waals surface area contributed by atoms with Crippen molar-refractivity contribution >= 4 is 23.1 Å². The van der Waals surface area contributed by atoms with Crippen LogP contribution in [0.5, 0.6) is 0 Å². The van der Waals surface area contributed by atoms with Gasteiger partial charge < -0.3 is 14.4 Å². The number of carbonyl (C=O) groups is 2. The Morgan fingerprint density at radius 2 is 1.56 bits per heavy atom. The van der Waals surface area contributed by atoms with Crippen LogP contribution in [0.15, 0.2) is 42.1 Å². The summed E-state index contributed by atoms with van der Waals surface area (Å²) in [5.41, 5.74) is 2.40. The lowest BCUT2D eigenvalue weighted by molar-refractivity contribution is -0.120. The average Bonchev–Trinajstić information content (AvgIpc) is 2.99. The molecule has 0 unspecified atom stereocenters. The molecule has 2 aromatic carbocycles. The summed E-state index contributed by atoms with van der Waals surface area (Å²) in [5.74, 6) is -3.13. The summed E-state index contributed by atoms with van der Waals surface area (Å²) in [4.78, 5) is 29.6. The molecule has 1 aliphatic heterocycles. The van der Waals surface area contributed by atoms with Crippen LogP contribution in [-0.2, 0) is 19.1 Å². The molecule has 32 heavy (non-hydrogen) atoms. The Balaban J connectivity index is 2.19. The predicted molar refractivity (Wildman–Crippen MR) is 117 cm³/mol. The number of hydrogen-bond donors (Lipinski definition) is 0. The van der Waals surface area contributed by atoms with Crippen LogP contribution < -0.4 is 4.90 Å². The zero-order valence-corrected chi connectivity index (χ0v) is 18.6. The van der Waals surface area contributed by atoms with Gasteiger partial charge in [0.2, 0.25) is 0 Å². The lowest BCUT2D eigenvalue weighted by Gasteiger charge is -2.26. The highest BCUT2D eigenvalue weighted by Gasteiger charge is 2.43. The summed E-state index contributed by atoms with van der Waals surface area (Å²) in [6, 6.07) is 8.30. The molecule has 0 aliphatic carbocycles. The lowest BCUT2D eigenvalue weighted by Crippen LogP contribution is -2.38. The molecule has 1 heterocycles. The first-order chi connectivity index (χ1) is 15.3. The lowest BCUT2D eigenvalue weighted by atomic mass is 9.97. The van der Waals surface area contributed by atoms with Crippen LogP contribution in [0, 0.1) is 25.5 Å². The van der Waals surface area contributed by atoms with Crippen molar-refractivity contribution in [2.75, 3.05) is 45.4 Å². The van der Waals surface area contributed by atoms with Gasteiger partial charge in [-0.05, 0) is 37.1 Å². The molecular formula is C24H26F2N2O4. The second-order valence-electron chi connectivity index (χ2n) is 7.56. The summed E-state index contributed by atoms with van der Waals surface area (Å²) in [6.07, 6.45) is 0. The van der Waals surface area contributed by atoms with E-state index in [2.05, 4.69) is 0 Å². The molecule has 6 nitrogen and oxygen atoms in total. The van der Waals surface area contributed by atoms with Crippen molar-refractivity contribution in [3.8, 4) is 0 Å². The molecule has 0 bridgehead atoms. The van der Waals surface area contributed by atoms with E-state index in [1.807, 2.05) is 26.0 Å². The minimum absolute atomic E-state index is 0.139. The van der Waals surface area contributed by atoms with Crippen LogP contribution in [-0.4, -0.2) is 57.2 Å². The third-order valence-corrected chi connectivity index (χ3v) is 5.31. The van der Waals surface area contributed by atoms with Gasteiger partial charge in [0, 0.05) is 33.4 Å². The van der Waals surface area contributed by atoms with E-state index in [-0.39, 0.29) is 17.0 Å². The van der Waals surface area contributed by atoms with Crippen molar-refractivity contribution in [1.82, 2.24) is 4.90 Å². The van der Waals surface area contributed by atoms with E-state index in [4.69, 9.17) is 9.47 Å². The number of hydrogen-bond acceptors (Lipinski definition) is 5. The Morgan fingerprint density at radius 3 is 2.12 bits per heavy atom. The molecule has 0 spiro atoms. The molecule has 0 N–H and O–H groups in total. The van der Waals surface area contributed by atoms with E-state index in [1.165, 1.54) is 14.2 Å². The molecular weight excluding hydrogens is 418 g/mol. The standard InChI is InChI=1S/C24H26F2N2O4/c1-15-5-7-18(16(2)13-15)21-22(27(9-11-31-3)10-12-32-4)24(30)28(23(21)29)20-8-6-17(25)14-19(20)26/h5-8,13-14H,9-12H2,1-4H3. The Labute approximate surface area is 186 Å². The fourth-order valence-corrected chi connectivity index (χ4v) is 3.77. The van der Waals surface area contributed by atoms with Gasteiger partial charge in [0.05, 0.1) is 24.5 Å². The first-order valence-electron chi connectivity index (χ1n) is 10.2. The molecule has 0 saturated heterocycles. The van der Waals surface area contributed by atoms with Crippen molar-refractivity contribution < 1.29 is 27.8 Å². The highest BCUT2D eigenvalue weighted by atomic mass is 19.1. The van der Waals surface area contributed by atoms with Gasteiger partial charge in [0.1, 0.15) is 17.3 Å². The molecule has 2 aromatic rings. The van der Waals surface area contributed by atoms with Gasteiger partial charge in [-0.3, -0.25) is 9.59 Å². The zero-order valence-electron chi connectivity index (χ0n) is 18.6. The smallest absolute Gasteiger partial charge is 0.282 e. The Morgan fingerprint density at radius 1 is 0.906 bits per heavy atom. The molecule has 3 rings (SSSR count). The summed E-state index contributed by atoms with van der Waals surface area (Å²) < 4.78 is 38.4. The third kappa shape index (κ3) is 4.56. The van der Waals surface area contributed by atoms with Gasteiger partial charge in [-0.1, -0.05) is 23.8 Å². The number of rotatable bonds is 9. The van der Waals surface area contributed by atoms with E-state index in [0.717, 1.165) is 28.2 Å². The largest absolute Gasteiger partial charge is 0.383 e. The molecule has 8 heteroatoms. The van der Waals surface area contributed by atoms with Crippen molar-refractivity contribution in [3.05, 3.63) is 70.4 Å². The van der Waals surface area contributed by atoms with Crippen LogP contribution in [0.4, 0.5) is 14.5 Å². The SMILES string of the molecule is COCCN(CCOC)C1=C(c2ccc(C)cc2C)C(=O)N(c2ccc(F)cc2F)C1=O. The number of amides is 2. The molecule has 0 saturated carbocycles. The number of ether oxygens (including phenoxy) is 2. The highest BCUT2D eigenvalue weighted by molar-refractivity contribution is 6.45. The maximum Gasteiger partial charge on any atom is 0.282 e. The zero-order chi connectivity index (χ0) is 23.4. The summed E-state index contributed by atoms with van der Waals surface area (Å²) >= 11 is 0. The van der Waals surface area contributed by atoms with E-state index >= 15 is 0 Å². The first-order valence-corrected chi connectivity index (χ1v) is 10.2. The monoisotopic (exact) mass is 444 g/mol. The second-order valence-corrected chi connectivity index (χ2v) is 7.56. The Bertz CT molecular complexity index is 1060. The topological polar surface area (TPSA) is 59.1 Å². The number of imide groups is 1. The minimum Gasteiger partial charge on any atom is -0.383 e. The Hall–Kier alpha value is -3.10. The van der Waals surface area contributed by atoms with Crippen LogP contribution in [0.25, 0.3) is 5.57 Å². The van der Waals surface area contributed by atoms with Crippen molar-refractivity contribution in [2.24, 2.45) is 0 Å². The number of methoxy groups -OCH3 is 2. The summed E-state index contributed by atoms with van der Waals surface area (Å²) in [5, 5.41) is 0. The van der Waals surface area contributed by atoms with Crippen molar-refractivity contribution in [3.63, 3.8) is 0 Å². The van der Waals surface area contributed by atoms with E-state index < -0.39 is 23.4 Å². The maximum absolute atomic E-state index is 14.6. The molecule has 2 amide bonds. The fraction of sp³-hybridized carbons (Fsp3) is 0.333. The molecule has 170 valence electrons. The van der Waals surface area contributed by atoms with Crippen LogP contribution in [0.2, 0.25) is 0 Å². The number of nitrogens with zero attached hydrogens (tertiary/aromatic N) is 2. The normalized spacial score (nSPS) is 14.0. The van der Waals surface area contributed by atoms with Gasteiger partial charge >= 0.3 is 0 Å². The first kappa shape index (κ1) is 23.6. The molecule has 0 fully saturated rings. The van der Waals surface area contributed by atoms with E-state index in [0.29, 0.717) is 37.9 Å². The van der Waals surface area contributed by atoms with Gasteiger partial charge in [0.15, 0.2) is 0 Å². The maximum atomic E-state index is 14.6. The van der Waals surface area contributed by atoms with Gasteiger partial charge in [-0.15, -0.1) is 0 Å². The highest BCUT2D eigenvalue weighted by Crippen LogP contribution is 2.37. The quantitative estimate of drug-likeness (QED) is 0.555. The van der Waals surface area contributed by atoms with Crippen molar-refractivity contribution in [1.29, 1.82) is 0 Å². The van der Waals surface area contributed by atoms with Gasteiger partial charge in [0.25, 0.3) is 11.8 Å². The van der Waals surface area contributed by atoms with Crippen LogP contribution in [0.1, 0.15) is 16.7 Å². The minimum atomic E-state index is -0.992. The third-order valence-electron chi connectivity index (χ3n) is 5.31. The fourth-order valence-electron chi connectivity index (χ4n) is 3.77. The molecule has 1 aliphatic rings.